The van der Waals surface area contributed by atoms with E-state index in [0.29, 0.717) is 5.37 Å². The van der Waals surface area contributed by atoms with Crippen LogP contribution in [0.15, 0.2) is 18.3 Å². The van der Waals surface area contributed by atoms with Crippen molar-refractivity contribution in [3.8, 4) is 0 Å². The van der Waals surface area contributed by atoms with Gasteiger partial charge in [-0.1, -0.05) is 0 Å². The monoisotopic (exact) mass is 305 g/mol. The van der Waals surface area contributed by atoms with Crippen molar-refractivity contribution in [2.75, 3.05) is 11.5 Å². The minimum Gasteiger partial charge on any atom is -0.300 e. The van der Waals surface area contributed by atoms with Gasteiger partial charge < -0.3 is 0 Å². The van der Waals surface area contributed by atoms with Crippen molar-refractivity contribution < 1.29 is 0 Å². The number of nitrogens with zero attached hydrogens (tertiary/aromatic N) is 3. The maximum absolute atomic E-state index is 4.89. The first-order valence-corrected chi connectivity index (χ1v) is 9.56. The average Bonchev–Trinajstić information content (AvgIpc) is 3.18. The van der Waals surface area contributed by atoms with Gasteiger partial charge in [0.1, 0.15) is 11.3 Å². The number of fused-ring (bicyclic) bond motifs is 1. The van der Waals surface area contributed by atoms with Crippen LogP contribution in [0.25, 0.3) is 11.2 Å². The van der Waals surface area contributed by atoms with Gasteiger partial charge in [-0.3, -0.25) is 4.57 Å². The normalized spacial score (nSPS) is 26.6. The molecule has 3 nitrogen and oxygen atoms in total. The SMILES string of the molecule is c1cnc2c(c1)nc(CC1CCCS1)n2C1CCCS1. The summed E-state index contributed by atoms with van der Waals surface area (Å²) in [5.74, 6) is 3.85. The molecule has 0 amide bonds. The molecule has 0 spiro atoms. The molecule has 2 unspecified atom stereocenters. The fourth-order valence-electron chi connectivity index (χ4n) is 3.20. The van der Waals surface area contributed by atoms with Gasteiger partial charge in [-0.25, -0.2) is 9.97 Å². The minimum atomic E-state index is 0.552. The summed E-state index contributed by atoms with van der Waals surface area (Å²) in [7, 11) is 0. The van der Waals surface area contributed by atoms with E-state index in [1.54, 1.807) is 0 Å². The summed E-state index contributed by atoms with van der Waals surface area (Å²) in [6.45, 7) is 0. The molecule has 5 heteroatoms. The van der Waals surface area contributed by atoms with Gasteiger partial charge in [0.15, 0.2) is 5.65 Å². The number of pyridine rings is 1. The summed E-state index contributed by atoms with van der Waals surface area (Å²) in [5, 5.41) is 1.31. The molecule has 4 heterocycles. The number of hydrogen-bond acceptors (Lipinski definition) is 4. The third kappa shape index (κ3) is 2.35. The highest BCUT2D eigenvalue weighted by atomic mass is 32.2. The standard InChI is InChI=1S/C15H19N3S2/c1-5-12-15(16-7-1)18(14-6-3-9-20-14)13(17-12)10-11-4-2-8-19-11/h1,5,7,11,14H,2-4,6,8-10H2. The molecule has 2 aromatic heterocycles. The largest absolute Gasteiger partial charge is 0.300 e. The van der Waals surface area contributed by atoms with E-state index in [4.69, 9.17) is 4.98 Å². The molecule has 2 aromatic rings. The molecule has 2 fully saturated rings. The van der Waals surface area contributed by atoms with Crippen LogP contribution in [0.4, 0.5) is 0 Å². The summed E-state index contributed by atoms with van der Waals surface area (Å²) < 4.78 is 2.44. The van der Waals surface area contributed by atoms with Crippen molar-refractivity contribution in [2.24, 2.45) is 0 Å². The molecule has 2 atom stereocenters. The second-order valence-corrected chi connectivity index (χ2v) is 8.24. The first-order chi connectivity index (χ1) is 9.92. The molecule has 0 radical (unpaired) electrons. The number of imidazole rings is 1. The van der Waals surface area contributed by atoms with Gasteiger partial charge in [-0.05, 0) is 49.3 Å². The van der Waals surface area contributed by atoms with Crippen LogP contribution in [0.5, 0.6) is 0 Å². The van der Waals surface area contributed by atoms with Crippen LogP contribution in [0.2, 0.25) is 0 Å². The number of aromatic nitrogens is 3. The quantitative estimate of drug-likeness (QED) is 0.860. The Balaban J connectivity index is 1.74. The van der Waals surface area contributed by atoms with Crippen LogP contribution in [0, 0.1) is 0 Å². The summed E-state index contributed by atoms with van der Waals surface area (Å²) in [6, 6.07) is 4.10. The summed E-state index contributed by atoms with van der Waals surface area (Å²) >= 11 is 4.18. The Morgan fingerprint density at radius 2 is 2.10 bits per heavy atom. The molecule has 20 heavy (non-hydrogen) atoms. The number of thioether (sulfide) groups is 2. The van der Waals surface area contributed by atoms with Crippen LogP contribution in [0.3, 0.4) is 0 Å². The lowest BCUT2D eigenvalue weighted by molar-refractivity contribution is 0.610. The molecule has 0 saturated carbocycles. The third-order valence-electron chi connectivity index (χ3n) is 4.15. The van der Waals surface area contributed by atoms with Gasteiger partial charge in [0.25, 0.3) is 0 Å². The summed E-state index contributed by atoms with van der Waals surface area (Å²) in [6.07, 6.45) is 8.30. The van der Waals surface area contributed by atoms with Crippen molar-refractivity contribution in [3.63, 3.8) is 0 Å². The van der Waals surface area contributed by atoms with Gasteiger partial charge >= 0.3 is 0 Å². The fourth-order valence-corrected chi connectivity index (χ4v) is 5.77. The predicted molar refractivity (Wildman–Crippen MR) is 87.4 cm³/mol. The van der Waals surface area contributed by atoms with Gasteiger partial charge in [0.05, 0.1) is 5.37 Å². The minimum absolute atomic E-state index is 0.552. The maximum Gasteiger partial charge on any atom is 0.160 e. The highest BCUT2D eigenvalue weighted by molar-refractivity contribution is 8.00. The van der Waals surface area contributed by atoms with E-state index in [0.717, 1.165) is 22.8 Å². The highest BCUT2D eigenvalue weighted by Gasteiger charge is 2.26. The smallest absolute Gasteiger partial charge is 0.160 e. The highest BCUT2D eigenvalue weighted by Crippen LogP contribution is 2.39. The van der Waals surface area contributed by atoms with E-state index < -0.39 is 0 Å². The van der Waals surface area contributed by atoms with Crippen molar-refractivity contribution in [3.05, 3.63) is 24.2 Å². The summed E-state index contributed by atoms with van der Waals surface area (Å²) in [5.41, 5.74) is 2.16. The molecule has 2 aliphatic rings. The number of rotatable bonds is 3. The molecular weight excluding hydrogens is 286 g/mol. The molecule has 0 bridgehead atoms. The lowest BCUT2D eigenvalue weighted by Crippen LogP contribution is -2.12. The van der Waals surface area contributed by atoms with Gasteiger partial charge in [0, 0.05) is 17.9 Å². The molecule has 2 saturated heterocycles. The van der Waals surface area contributed by atoms with E-state index >= 15 is 0 Å². The van der Waals surface area contributed by atoms with Crippen molar-refractivity contribution in [1.29, 1.82) is 0 Å². The second kappa shape index (κ2) is 5.60. The molecule has 0 N–H and O–H groups in total. The molecule has 0 aliphatic carbocycles. The Kier molecular flexibility index (Phi) is 3.65. The van der Waals surface area contributed by atoms with Gasteiger partial charge in [0.2, 0.25) is 0 Å². The Bertz CT molecular complexity index is 598. The topological polar surface area (TPSA) is 30.7 Å². The van der Waals surface area contributed by atoms with Crippen molar-refractivity contribution in [2.45, 2.75) is 42.7 Å². The van der Waals surface area contributed by atoms with Crippen LogP contribution in [-0.4, -0.2) is 31.3 Å². The van der Waals surface area contributed by atoms with Gasteiger partial charge in [-0.15, -0.1) is 11.8 Å². The van der Waals surface area contributed by atoms with Crippen LogP contribution < -0.4 is 0 Å². The van der Waals surface area contributed by atoms with Crippen LogP contribution in [0.1, 0.15) is 36.9 Å². The van der Waals surface area contributed by atoms with Crippen molar-refractivity contribution in [1.82, 2.24) is 14.5 Å². The van der Waals surface area contributed by atoms with E-state index in [9.17, 15) is 0 Å². The van der Waals surface area contributed by atoms with Crippen molar-refractivity contribution >= 4 is 34.7 Å². The number of hydrogen-bond donors (Lipinski definition) is 0. The summed E-state index contributed by atoms with van der Waals surface area (Å²) in [4.78, 5) is 9.50. The zero-order chi connectivity index (χ0) is 13.4. The predicted octanol–water partition coefficient (Wildman–Crippen LogP) is 3.90. The zero-order valence-electron chi connectivity index (χ0n) is 11.5. The molecule has 2 aliphatic heterocycles. The van der Waals surface area contributed by atoms with E-state index in [2.05, 4.69) is 39.1 Å². The first-order valence-electron chi connectivity index (χ1n) is 7.47. The van der Waals surface area contributed by atoms with Crippen LogP contribution in [-0.2, 0) is 6.42 Å². The maximum atomic E-state index is 4.89. The Hall–Kier alpha value is -0.680. The fraction of sp³-hybridized carbons (Fsp3) is 0.600. The Labute approximate surface area is 127 Å². The molecular formula is C15H19N3S2. The zero-order valence-corrected chi connectivity index (χ0v) is 13.1. The van der Waals surface area contributed by atoms with E-state index in [1.807, 2.05) is 12.3 Å². The Morgan fingerprint density at radius 1 is 1.20 bits per heavy atom. The average molecular weight is 305 g/mol. The molecule has 0 aromatic carbocycles. The Morgan fingerprint density at radius 3 is 2.90 bits per heavy atom. The second-order valence-electron chi connectivity index (χ2n) is 5.55. The lowest BCUT2D eigenvalue weighted by atomic mass is 10.2. The molecule has 106 valence electrons. The van der Waals surface area contributed by atoms with Crippen LogP contribution >= 0.6 is 23.5 Å². The van der Waals surface area contributed by atoms with E-state index in [1.165, 1.54) is 43.0 Å². The van der Waals surface area contributed by atoms with Gasteiger partial charge in [-0.2, -0.15) is 11.8 Å². The third-order valence-corrected chi connectivity index (χ3v) is 6.90. The lowest BCUT2D eigenvalue weighted by Gasteiger charge is -2.16. The molecule has 4 rings (SSSR count). The first kappa shape index (κ1) is 13.0. The van der Waals surface area contributed by atoms with E-state index in [-0.39, 0.29) is 0 Å².